The summed E-state index contributed by atoms with van der Waals surface area (Å²) in [6.07, 6.45) is 0.187. The highest BCUT2D eigenvalue weighted by atomic mass is 16.4. The highest BCUT2D eigenvalue weighted by Gasteiger charge is 2.18. The van der Waals surface area contributed by atoms with Crippen molar-refractivity contribution in [2.45, 2.75) is 18.9 Å². The third-order valence-corrected chi connectivity index (χ3v) is 3.30. The molecule has 0 aliphatic carbocycles. The summed E-state index contributed by atoms with van der Waals surface area (Å²) in [6, 6.07) is -0.908. The normalized spacial score (nSPS) is 11.9. The number of aliphatic carboxylic acids is 3. The number of hydrogen-bond donors (Lipinski definition) is 6. The summed E-state index contributed by atoms with van der Waals surface area (Å²) in [4.78, 5) is 45.2. The molecule has 0 rings (SSSR count). The number of carbonyl (C=O) groups is 4. The Hall–Kier alpha value is -2.24. The summed E-state index contributed by atoms with van der Waals surface area (Å²) in [5.41, 5.74) is 0. The van der Waals surface area contributed by atoms with Crippen LogP contribution < -0.4 is 16.0 Å². The average molecular weight is 362 g/mol. The molecule has 1 unspecified atom stereocenters. The van der Waals surface area contributed by atoms with Crippen LogP contribution in [0.2, 0.25) is 0 Å². The van der Waals surface area contributed by atoms with E-state index in [1.165, 1.54) is 7.05 Å². The molecule has 0 saturated carbocycles. The number of carbonyl (C=O) groups excluding carboxylic acids is 1. The largest absolute Gasteiger partial charge is 0.480 e. The van der Waals surface area contributed by atoms with Crippen molar-refractivity contribution in [2.24, 2.45) is 0 Å². The number of amides is 1. The molecule has 11 nitrogen and oxygen atoms in total. The molecule has 11 heteroatoms. The summed E-state index contributed by atoms with van der Waals surface area (Å²) in [7, 11) is 1.47. The van der Waals surface area contributed by atoms with E-state index >= 15 is 0 Å². The first-order chi connectivity index (χ1) is 11.8. The lowest BCUT2D eigenvalue weighted by Crippen LogP contribution is -2.44. The maximum absolute atomic E-state index is 11.2. The van der Waals surface area contributed by atoms with Crippen LogP contribution in [-0.4, -0.2) is 96.4 Å². The summed E-state index contributed by atoms with van der Waals surface area (Å²) in [5, 5.41) is 34.4. The van der Waals surface area contributed by atoms with Gasteiger partial charge in [-0.25, -0.2) is 0 Å². The summed E-state index contributed by atoms with van der Waals surface area (Å²) in [6.45, 7) is 0.615. The Balaban J connectivity index is 4.29. The molecular weight excluding hydrogens is 336 g/mol. The van der Waals surface area contributed by atoms with E-state index in [-0.39, 0.29) is 44.9 Å². The predicted molar refractivity (Wildman–Crippen MR) is 87.3 cm³/mol. The molecular formula is C14H26N4O7. The van der Waals surface area contributed by atoms with Gasteiger partial charge in [0.15, 0.2) is 0 Å². The molecule has 0 aliphatic rings. The lowest BCUT2D eigenvalue weighted by Gasteiger charge is -2.22. The van der Waals surface area contributed by atoms with Crippen molar-refractivity contribution < 1.29 is 34.5 Å². The van der Waals surface area contributed by atoms with Gasteiger partial charge < -0.3 is 31.3 Å². The molecule has 0 spiro atoms. The monoisotopic (exact) mass is 362 g/mol. The van der Waals surface area contributed by atoms with E-state index < -0.39 is 23.9 Å². The van der Waals surface area contributed by atoms with E-state index in [0.717, 1.165) is 0 Å². The van der Waals surface area contributed by atoms with E-state index in [2.05, 4.69) is 16.0 Å². The number of carboxylic acid groups (broad SMARTS) is 3. The Kier molecular flexibility index (Phi) is 11.9. The van der Waals surface area contributed by atoms with Gasteiger partial charge in [-0.2, -0.15) is 0 Å². The number of hydrogen-bond acceptors (Lipinski definition) is 7. The van der Waals surface area contributed by atoms with E-state index in [1.807, 2.05) is 0 Å². The summed E-state index contributed by atoms with van der Waals surface area (Å²) < 4.78 is 0. The van der Waals surface area contributed by atoms with Crippen molar-refractivity contribution in [3.63, 3.8) is 0 Å². The molecule has 0 aromatic carbocycles. The van der Waals surface area contributed by atoms with Crippen molar-refractivity contribution in [2.75, 3.05) is 46.3 Å². The molecule has 25 heavy (non-hydrogen) atoms. The Bertz CT molecular complexity index is 458. The highest BCUT2D eigenvalue weighted by molar-refractivity contribution is 5.78. The van der Waals surface area contributed by atoms with Crippen LogP contribution >= 0.6 is 0 Å². The Morgan fingerprint density at radius 3 is 2.16 bits per heavy atom. The fourth-order valence-corrected chi connectivity index (χ4v) is 2.00. The van der Waals surface area contributed by atoms with Gasteiger partial charge in [-0.1, -0.05) is 0 Å². The lowest BCUT2D eigenvalue weighted by atomic mass is 10.1. The first-order valence-corrected chi connectivity index (χ1v) is 7.79. The molecule has 1 atom stereocenters. The van der Waals surface area contributed by atoms with Crippen LogP contribution in [0.4, 0.5) is 0 Å². The molecule has 0 aromatic heterocycles. The molecule has 0 bridgehead atoms. The van der Waals surface area contributed by atoms with Crippen LogP contribution in [0.25, 0.3) is 0 Å². The average Bonchev–Trinajstić information content (AvgIpc) is 2.52. The fraction of sp³-hybridized carbons (Fsp3) is 0.714. The van der Waals surface area contributed by atoms with E-state index in [1.54, 1.807) is 4.90 Å². The number of rotatable bonds is 15. The van der Waals surface area contributed by atoms with E-state index in [0.29, 0.717) is 13.1 Å². The van der Waals surface area contributed by atoms with Gasteiger partial charge >= 0.3 is 17.9 Å². The number of nitrogens with one attached hydrogen (secondary N) is 3. The van der Waals surface area contributed by atoms with Gasteiger partial charge in [-0.15, -0.1) is 0 Å². The summed E-state index contributed by atoms with van der Waals surface area (Å²) in [5.74, 6) is -3.39. The van der Waals surface area contributed by atoms with Crippen LogP contribution in [0.15, 0.2) is 0 Å². The minimum absolute atomic E-state index is 0.0679. The zero-order chi connectivity index (χ0) is 19.2. The molecule has 6 N–H and O–H groups in total. The molecule has 144 valence electrons. The Morgan fingerprint density at radius 2 is 1.64 bits per heavy atom. The summed E-state index contributed by atoms with van der Waals surface area (Å²) >= 11 is 0. The minimum Gasteiger partial charge on any atom is -0.480 e. The second-order valence-electron chi connectivity index (χ2n) is 5.30. The zero-order valence-electron chi connectivity index (χ0n) is 14.2. The molecule has 1 amide bonds. The van der Waals surface area contributed by atoms with Crippen molar-refractivity contribution in [1.29, 1.82) is 0 Å². The van der Waals surface area contributed by atoms with Crippen molar-refractivity contribution in [1.82, 2.24) is 20.9 Å². The maximum atomic E-state index is 11.2. The second kappa shape index (κ2) is 13.1. The molecule has 0 aliphatic heterocycles. The van der Waals surface area contributed by atoms with Gasteiger partial charge in [0.1, 0.15) is 6.04 Å². The molecule has 0 saturated heterocycles. The van der Waals surface area contributed by atoms with Crippen LogP contribution in [0, 0.1) is 0 Å². The molecule has 0 heterocycles. The third-order valence-electron chi connectivity index (χ3n) is 3.30. The van der Waals surface area contributed by atoms with Crippen LogP contribution in [0.3, 0.4) is 0 Å². The first-order valence-electron chi connectivity index (χ1n) is 7.79. The predicted octanol–water partition coefficient (Wildman–Crippen LogP) is -2.38. The molecule has 0 radical (unpaired) electrons. The highest BCUT2D eigenvalue weighted by Crippen LogP contribution is 1.98. The third kappa shape index (κ3) is 12.8. The van der Waals surface area contributed by atoms with Crippen molar-refractivity contribution in [3.8, 4) is 0 Å². The Labute approximate surface area is 145 Å². The lowest BCUT2D eigenvalue weighted by molar-refractivity contribution is -0.140. The van der Waals surface area contributed by atoms with E-state index in [4.69, 9.17) is 15.3 Å². The van der Waals surface area contributed by atoms with E-state index in [9.17, 15) is 19.2 Å². The molecule has 0 aromatic rings. The van der Waals surface area contributed by atoms with Crippen LogP contribution in [0.1, 0.15) is 12.8 Å². The van der Waals surface area contributed by atoms with Gasteiger partial charge in [0, 0.05) is 39.6 Å². The van der Waals surface area contributed by atoms with Crippen LogP contribution in [0.5, 0.6) is 0 Å². The topological polar surface area (TPSA) is 168 Å². The SMILES string of the molecule is CNC(=O)CCC(NCCN(CCNCC(=O)O)CC(=O)O)C(=O)O. The molecule has 0 fully saturated rings. The zero-order valence-corrected chi connectivity index (χ0v) is 14.2. The van der Waals surface area contributed by atoms with Gasteiger partial charge in [0.25, 0.3) is 0 Å². The van der Waals surface area contributed by atoms with Crippen molar-refractivity contribution >= 4 is 23.8 Å². The minimum atomic E-state index is -1.09. The number of carboxylic acids is 3. The Morgan fingerprint density at radius 1 is 1.00 bits per heavy atom. The van der Waals surface area contributed by atoms with Gasteiger partial charge in [-0.05, 0) is 6.42 Å². The van der Waals surface area contributed by atoms with Gasteiger partial charge in [0.05, 0.1) is 13.1 Å². The smallest absolute Gasteiger partial charge is 0.320 e. The maximum Gasteiger partial charge on any atom is 0.320 e. The van der Waals surface area contributed by atoms with Gasteiger partial charge in [0.2, 0.25) is 5.91 Å². The van der Waals surface area contributed by atoms with Crippen molar-refractivity contribution in [3.05, 3.63) is 0 Å². The quantitative estimate of drug-likeness (QED) is 0.173. The number of nitrogens with zero attached hydrogens (tertiary/aromatic N) is 1. The van der Waals surface area contributed by atoms with Crippen LogP contribution in [-0.2, 0) is 19.2 Å². The van der Waals surface area contributed by atoms with Gasteiger partial charge in [-0.3, -0.25) is 24.1 Å². The first kappa shape index (κ1) is 22.8. The fourth-order valence-electron chi connectivity index (χ4n) is 2.00. The second-order valence-corrected chi connectivity index (χ2v) is 5.30. The standard InChI is InChI=1S/C14H26N4O7/c1-15-11(19)3-2-10(14(24)25)17-5-7-18(9-13(22)23)6-4-16-8-12(20)21/h10,16-17H,2-9H2,1H3,(H,15,19)(H,20,21)(H,22,23)(H,24,25).